The number of carbonyl (C=O) groups is 1. The Morgan fingerprint density at radius 1 is 1.07 bits per heavy atom. The standard InChI is InChI=1S/C18H22N4O4S/c1-11-6-12(2)21-18(20-11)27-10-17(23)22-19-9-14-15(25-4)7-13(24-3)8-16(14)26-5/h6-9H,10H2,1-5H3,(H,22,23)/b19-9+. The van der Waals surface area contributed by atoms with E-state index in [2.05, 4.69) is 20.5 Å². The lowest BCUT2D eigenvalue weighted by molar-refractivity contribution is -0.118. The van der Waals surface area contributed by atoms with Gasteiger partial charge in [0.2, 0.25) is 0 Å². The number of thioether (sulfide) groups is 1. The molecule has 1 aromatic carbocycles. The molecule has 2 rings (SSSR count). The third-order valence-electron chi connectivity index (χ3n) is 3.43. The van der Waals surface area contributed by atoms with Crippen LogP contribution in [-0.2, 0) is 4.79 Å². The molecule has 144 valence electrons. The number of amides is 1. The van der Waals surface area contributed by atoms with Crippen LogP contribution in [0.25, 0.3) is 0 Å². The number of nitrogens with one attached hydrogen (secondary N) is 1. The molecule has 0 spiro atoms. The summed E-state index contributed by atoms with van der Waals surface area (Å²) < 4.78 is 15.9. The molecule has 1 N–H and O–H groups in total. The largest absolute Gasteiger partial charge is 0.496 e. The topological polar surface area (TPSA) is 94.9 Å². The molecule has 0 saturated carbocycles. The summed E-state index contributed by atoms with van der Waals surface area (Å²) in [4.78, 5) is 20.6. The number of hydrogen-bond donors (Lipinski definition) is 1. The number of benzene rings is 1. The fourth-order valence-corrected chi connectivity index (χ4v) is 2.99. The molecule has 0 aliphatic carbocycles. The van der Waals surface area contributed by atoms with Gasteiger partial charge in [0.05, 0.1) is 38.9 Å². The minimum atomic E-state index is -0.273. The number of nitrogens with zero attached hydrogens (tertiary/aromatic N) is 3. The van der Waals surface area contributed by atoms with Crippen molar-refractivity contribution in [1.29, 1.82) is 0 Å². The zero-order valence-corrected chi connectivity index (χ0v) is 16.7. The van der Waals surface area contributed by atoms with Gasteiger partial charge in [-0.05, 0) is 19.9 Å². The Bertz CT molecular complexity index is 797. The van der Waals surface area contributed by atoms with E-state index in [4.69, 9.17) is 14.2 Å². The first-order valence-corrected chi connectivity index (χ1v) is 9.02. The molecule has 1 amide bonds. The molecule has 0 aliphatic rings. The van der Waals surface area contributed by atoms with Gasteiger partial charge >= 0.3 is 0 Å². The highest BCUT2D eigenvalue weighted by atomic mass is 32.2. The van der Waals surface area contributed by atoms with Crippen molar-refractivity contribution in [3.63, 3.8) is 0 Å². The van der Waals surface area contributed by atoms with Gasteiger partial charge in [-0.25, -0.2) is 15.4 Å². The minimum Gasteiger partial charge on any atom is -0.496 e. The SMILES string of the molecule is COc1cc(OC)c(/C=N/NC(=O)CSc2nc(C)cc(C)n2)c(OC)c1. The lowest BCUT2D eigenvalue weighted by Gasteiger charge is -2.12. The zero-order valence-electron chi connectivity index (χ0n) is 15.9. The van der Waals surface area contributed by atoms with Crippen molar-refractivity contribution in [2.24, 2.45) is 5.10 Å². The molecule has 1 heterocycles. The summed E-state index contributed by atoms with van der Waals surface area (Å²) in [6, 6.07) is 5.29. The quantitative estimate of drug-likeness (QED) is 0.320. The average Bonchev–Trinajstić information content (AvgIpc) is 2.65. The Balaban J connectivity index is 2.01. The van der Waals surface area contributed by atoms with Crippen molar-refractivity contribution in [2.45, 2.75) is 19.0 Å². The van der Waals surface area contributed by atoms with E-state index in [1.165, 1.54) is 32.2 Å². The van der Waals surface area contributed by atoms with Crippen LogP contribution >= 0.6 is 11.8 Å². The first kappa shape index (κ1) is 20.5. The molecule has 0 atom stereocenters. The lowest BCUT2D eigenvalue weighted by Crippen LogP contribution is -2.20. The van der Waals surface area contributed by atoms with Gasteiger partial charge in [-0.15, -0.1) is 0 Å². The van der Waals surface area contributed by atoms with Gasteiger partial charge in [-0.2, -0.15) is 5.10 Å². The maximum absolute atomic E-state index is 12.0. The number of carbonyl (C=O) groups excluding carboxylic acids is 1. The van der Waals surface area contributed by atoms with Crippen LogP contribution in [0.1, 0.15) is 17.0 Å². The molecule has 2 aromatic rings. The van der Waals surface area contributed by atoms with E-state index in [0.717, 1.165) is 11.4 Å². The number of hydrogen-bond acceptors (Lipinski definition) is 8. The zero-order chi connectivity index (χ0) is 19.8. The van der Waals surface area contributed by atoms with Crippen LogP contribution < -0.4 is 19.6 Å². The minimum absolute atomic E-state index is 0.150. The van der Waals surface area contributed by atoms with Gasteiger partial charge in [0, 0.05) is 23.5 Å². The van der Waals surface area contributed by atoms with E-state index in [0.29, 0.717) is 28.0 Å². The summed E-state index contributed by atoms with van der Waals surface area (Å²) in [5, 5.41) is 4.54. The van der Waals surface area contributed by atoms with Gasteiger partial charge in [0.25, 0.3) is 5.91 Å². The summed E-state index contributed by atoms with van der Waals surface area (Å²) in [6.07, 6.45) is 1.47. The number of methoxy groups -OCH3 is 3. The molecule has 8 nitrogen and oxygen atoms in total. The van der Waals surface area contributed by atoms with Crippen LogP contribution in [0.4, 0.5) is 0 Å². The molecule has 0 bridgehead atoms. The fourth-order valence-electron chi connectivity index (χ4n) is 2.25. The molecule has 0 saturated heterocycles. The third-order valence-corrected chi connectivity index (χ3v) is 4.28. The van der Waals surface area contributed by atoms with Crippen LogP contribution in [0, 0.1) is 13.8 Å². The highest BCUT2D eigenvalue weighted by molar-refractivity contribution is 7.99. The molecule has 9 heteroatoms. The monoisotopic (exact) mass is 390 g/mol. The Morgan fingerprint density at radius 2 is 1.67 bits per heavy atom. The second kappa shape index (κ2) is 9.77. The second-order valence-electron chi connectivity index (χ2n) is 5.46. The number of ether oxygens (including phenoxy) is 3. The smallest absolute Gasteiger partial charge is 0.250 e. The molecular weight excluding hydrogens is 368 g/mol. The molecular formula is C18H22N4O4S. The molecule has 0 radical (unpaired) electrons. The van der Waals surface area contributed by atoms with Crippen molar-refractivity contribution < 1.29 is 19.0 Å². The highest BCUT2D eigenvalue weighted by Gasteiger charge is 2.12. The lowest BCUT2D eigenvalue weighted by atomic mass is 10.2. The first-order valence-electron chi connectivity index (χ1n) is 8.03. The number of aromatic nitrogens is 2. The summed E-state index contributed by atoms with van der Waals surface area (Å²) >= 11 is 1.25. The molecule has 0 aliphatic heterocycles. The van der Waals surface area contributed by atoms with Crippen molar-refractivity contribution in [3.8, 4) is 17.2 Å². The van der Waals surface area contributed by atoms with Crippen LogP contribution in [0.15, 0.2) is 28.5 Å². The van der Waals surface area contributed by atoms with Gasteiger partial charge < -0.3 is 14.2 Å². The predicted molar refractivity (Wildman–Crippen MR) is 104 cm³/mol. The Kier molecular flexibility index (Phi) is 7.42. The fraction of sp³-hybridized carbons (Fsp3) is 0.333. The molecule has 0 unspecified atom stereocenters. The second-order valence-corrected chi connectivity index (χ2v) is 6.40. The van der Waals surface area contributed by atoms with Crippen LogP contribution in [-0.4, -0.2) is 49.2 Å². The van der Waals surface area contributed by atoms with Gasteiger partial charge in [0.1, 0.15) is 17.2 Å². The van der Waals surface area contributed by atoms with Crippen molar-refractivity contribution in [2.75, 3.05) is 27.1 Å². The first-order chi connectivity index (χ1) is 13.0. The van der Waals surface area contributed by atoms with Crippen molar-refractivity contribution in [3.05, 3.63) is 35.2 Å². The van der Waals surface area contributed by atoms with E-state index in [9.17, 15) is 4.79 Å². The van der Waals surface area contributed by atoms with Gasteiger partial charge in [-0.1, -0.05) is 11.8 Å². The Morgan fingerprint density at radius 3 is 2.19 bits per heavy atom. The van der Waals surface area contributed by atoms with E-state index >= 15 is 0 Å². The van der Waals surface area contributed by atoms with Crippen LogP contribution in [0.5, 0.6) is 17.2 Å². The number of aryl methyl sites for hydroxylation is 2. The van der Waals surface area contributed by atoms with E-state index in [-0.39, 0.29) is 11.7 Å². The van der Waals surface area contributed by atoms with E-state index in [1.54, 1.807) is 19.2 Å². The number of hydrazone groups is 1. The van der Waals surface area contributed by atoms with Gasteiger partial charge in [0.15, 0.2) is 5.16 Å². The highest BCUT2D eigenvalue weighted by Crippen LogP contribution is 2.32. The van der Waals surface area contributed by atoms with E-state index in [1.807, 2.05) is 19.9 Å². The molecule has 0 fully saturated rings. The average molecular weight is 390 g/mol. The molecule has 1 aromatic heterocycles. The van der Waals surface area contributed by atoms with Crippen molar-refractivity contribution in [1.82, 2.24) is 15.4 Å². The Labute approximate surface area is 162 Å². The van der Waals surface area contributed by atoms with E-state index < -0.39 is 0 Å². The van der Waals surface area contributed by atoms with Crippen LogP contribution in [0.2, 0.25) is 0 Å². The normalized spacial score (nSPS) is 10.7. The number of rotatable bonds is 8. The van der Waals surface area contributed by atoms with Gasteiger partial charge in [-0.3, -0.25) is 4.79 Å². The molecule has 27 heavy (non-hydrogen) atoms. The summed E-state index contributed by atoms with van der Waals surface area (Å²) in [5.41, 5.74) is 4.79. The van der Waals surface area contributed by atoms with Crippen molar-refractivity contribution >= 4 is 23.9 Å². The maximum Gasteiger partial charge on any atom is 0.250 e. The van der Waals surface area contributed by atoms with Crippen LogP contribution in [0.3, 0.4) is 0 Å². The predicted octanol–water partition coefficient (Wildman–Crippen LogP) is 2.36. The summed E-state index contributed by atoms with van der Waals surface area (Å²) in [6.45, 7) is 3.78. The Hall–Kier alpha value is -2.81. The maximum atomic E-state index is 12.0. The third kappa shape index (κ3) is 5.85. The summed E-state index contributed by atoms with van der Waals surface area (Å²) in [7, 11) is 4.62. The summed E-state index contributed by atoms with van der Waals surface area (Å²) in [5.74, 6) is 1.50.